The van der Waals surface area contributed by atoms with Crippen molar-refractivity contribution in [3.63, 3.8) is 0 Å². The number of carbonyl (C=O) groups excluding carboxylic acids is 1. The number of rotatable bonds is 6. The Bertz CT molecular complexity index is 1180. The van der Waals surface area contributed by atoms with Gasteiger partial charge in [-0.05, 0) is 54.3 Å². The van der Waals surface area contributed by atoms with E-state index < -0.39 is 18.5 Å². The molecule has 1 amide bonds. The number of aromatic nitrogens is 6. The summed E-state index contributed by atoms with van der Waals surface area (Å²) in [5.41, 5.74) is 1.63. The SMILES string of the molecule is Cc1nnn(Cc2cc(Cl)ccc2/C=C/C(=O)N2CCC(c3nnc(CC(F)(F)F)o3)CC2)n1. The Labute approximate surface area is 197 Å². The third-order valence-electron chi connectivity index (χ3n) is 5.37. The average Bonchev–Trinajstić information content (AvgIpc) is 3.40. The molecule has 0 N–H and O–H groups in total. The number of hydrogen-bond acceptors (Lipinski definition) is 7. The number of aryl methyl sites for hydroxylation is 1. The van der Waals surface area contributed by atoms with Gasteiger partial charge < -0.3 is 9.32 Å². The Morgan fingerprint density at radius 2 is 2.00 bits per heavy atom. The molecule has 180 valence electrons. The summed E-state index contributed by atoms with van der Waals surface area (Å²) in [6.45, 7) is 2.95. The summed E-state index contributed by atoms with van der Waals surface area (Å²) in [7, 11) is 0. The monoisotopic (exact) mass is 495 g/mol. The van der Waals surface area contributed by atoms with Gasteiger partial charge in [0.1, 0.15) is 6.42 Å². The van der Waals surface area contributed by atoms with E-state index in [1.165, 1.54) is 10.9 Å². The number of carbonyl (C=O) groups is 1. The quantitative estimate of drug-likeness (QED) is 0.481. The standard InChI is InChI=1S/C21H21ClF3N7O2/c1-13-26-30-32(29-13)12-16-10-17(22)4-2-14(16)3-5-19(33)31-8-6-15(7-9-31)20-28-27-18(34-20)11-21(23,24)25/h2-5,10,15H,6-9,11-12H2,1H3/b5-3+. The second-order valence-corrected chi connectivity index (χ2v) is 8.41. The zero-order valence-corrected chi connectivity index (χ0v) is 18.9. The van der Waals surface area contributed by atoms with Gasteiger partial charge in [-0.1, -0.05) is 17.7 Å². The van der Waals surface area contributed by atoms with Crippen molar-refractivity contribution in [2.24, 2.45) is 0 Å². The van der Waals surface area contributed by atoms with Crippen molar-refractivity contribution >= 4 is 23.6 Å². The molecule has 3 aromatic rings. The van der Waals surface area contributed by atoms with Crippen LogP contribution in [0.5, 0.6) is 0 Å². The highest BCUT2D eigenvalue weighted by molar-refractivity contribution is 6.30. The molecular formula is C21H21ClF3N7O2. The van der Waals surface area contributed by atoms with Crippen molar-refractivity contribution in [3.8, 4) is 0 Å². The first-order chi connectivity index (χ1) is 16.2. The number of amides is 1. The van der Waals surface area contributed by atoms with Crippen LogP contribution in [0, 0.1) is 6.92 Å². The first-order valence-corrected chi connectivity index (χ1v) is 10.9. The molecule has 0 spiro atoms. The number of likely N-dealkylation sites (tertiary alicyclic amines) is 1. The summed E-state index contributed by atoms with van der Waals surface area (Å²) in [6, 6.07) is 5.33. The molecule has 13 heteroatoms. The number of benzene rings is 1. The molecule has 9 nitrogen and oxygen atoms in total. The van der Waals surface area contributed by atoms with E-state index in [9.17, 15) is 18.0 Å². The van der Waals surface area contributed by atoms with Crippen LogP contribution in [0.1, 0.15) is 47.5 Å². The fraction of sp³-hybridized carbons (Fsp3) is 0.429. The minimum Gasteiger partial charge on any atom is -0.425 e. The highest BCUT2D eigenvalue weighted by atomic mass is 35.5. The lowest BCUT2D eigenvalue weighted by Gasteiger charge is -2.29. The van der Waals surface area contributed by atoms with Gasteiger partial charge in [0.15, 0.2) is 5.82 Å². The maximum Gasteiger partial charge on any atom is 0.397 e. The van der Waals surface area contributed by atoms with E-state index in [1.54, 1.807) is 30.0 Å². The molecule has 1 aliphatic rings. The van der Waals surface area contributed by atoms with Crippen LogP contribution >= 0.6 is 11.6 Å². The molecule has 0 atom stereocenters. The molecule has 0 saturated carbocycles. The smallest absolute Gasteiger partial charge is 0.397 e. The normalized spacial score (nSPS) is 15.4. The molecule has 3 heterocycles. The van der Waals surface area contributed by atoms with Crippen molar-refractivity contribution in [1.29, 1.82) is 0 Å². The number of hydrogen-bond donors (Lipinski definition) is 0. The predicted octanol–water partition coefficient (Wildman–Crippen LogP) is 3.59. The van der Waals surface area contributed by atoms with Crippen molar-refractivity contribution in [2.45, 2.75) is 44.8 Å². The van der Waals surface area contributed by atoms with Gasteiger partial charge in [-0.25, -0.2) is 0 Å². The summed E-state index contributed by atoms with van der Waals surface area (Å²) < 4.78 is 42.6. The van der Waals surface area contributed by atoms with Gasteiger partial charge in [-0.2, -0.15) is 18.0 Å². The molecule has 1 fully saturated rings. The van der Waals surface area contributed by atoms with Crippen LogP contribution in [0.3, 0.4) is 0 Å². The summed E-state index contributed by atoms with van der Waals surface area (Å²) >= 11 is 6.13. The first kappa shape index (κ1) is 23.9. The van der Waals surface area contributed by atoms with E-state index in [4.69, 9.17) is 16.0 Å². The summed E-state index contributed by atoms with van der Waals surface area (Å²) in [4.78, 5) is 15.8. The highest BCUT2D eigenvalue weighted by Gasteiger charge is 2.32. The van der Waals surface area contributed by atoms with Crippen molar-refractivity contribution in [1.82, 2.24) is 35.3 Å². The van der Waals surface area contributed by atoms with Crippen LogP contribution in [-0.4, -0.2) is 60.5 Å². The fourth-order valence-corrected chi connectivity index (χ4v) is 3.90. The Morgan fingerprint density at radius 3 is 2.68 bits per heavy atom. The second-order valence-electron chi connectivity index (χ2n) is 7.97. The van der Waals surface area contributed by atoms with E-state index in [-0.39, 0.29) is 17.7 Å². The minimum absolute atomic E-state index is 0.169. The minimum atomic E-state index is -4.40. The zero-order chi connectivity index (χ0) is 24.3. The predicted molar refractivity (Wildman–Crippen MR) is 115 cm³/mol. The average molecular weight is 496 g/mol. The second kappa shape index (κ2) is 9.92. The van der Waals surface area contributed by atoms with Crippen LogP contribution in [0.4, 0.5) is 13.2 Å². The van der Waals surface area contributed by atoms with Gasteiger partial charge in [0.05, 0.1) is 6.54 Å². The van der Waals surface area contributed by atoms with Crippen LogP contribution in [0.15, 0.2) is 28.7 Å². The third kappa shape index (κ3) is 6.19. The van der Waals surface area contributed by atoms with Crippen molar-refractivity contribution < 1.29 is 22.4 Å². The van der Waals surface area contributed by atoms with E-state index >= 15 is 0 Å². The van der Waals surface area contributed by atoms with Gasteiger partial charge in [0.2, 0.25) is 17.7 Å². The molecule has 0 bridgehead atoms. The van der Waals surface area contributed by atoms with Crippen LogP contribution in [0.25, 0.3) is 6.08 Å². The van der Waals surface area contributed by atoms with Crippen LogP contribution < -0.4 is 0 Å². The molecular weight excluding hydrogens is 475 g/mol. The topological polar surface area (TPSA) is 103 Å². The first-order valence-electron chi connectivity index (χ1n) is 10.5. The third-order valence-corrected chi connectivity index (χ3v) is 5.60. The zero-order valence-electron chi connectivity index (χ0n) is 18.2. The number of piperidine rings is 1. The Kier molecular flexibility index (Phi) is 6.96. The van der Waals surface area contributed by atoms with Gasteiger partial charge >= 0.3 is 6.18 Å². The number of tetrazole rings is 1. The lowest BCUT2D eigenvalue weighted by Crippen LogP contribution is -2.36. The number of halogens is 4. The molecule has 0 radical (unpaired) electrons. The lowest BCUT2D eigenvalue weighted by molar-refractivity contribution is -0.131. The summed E-state index contributed by atoms with van der Waals surface area (Å²) in [6.07, 6.45) is -1.40. The maximum absolute atomic E-state index is 12.7. The maximum atomic E-state index is 12.7. The number of nitrogens with zero attached hydrogens (tertiary/aromatic N) is 7. The van der Waals surface area contributed by atoms with Gasteiger partial charge in [-0.15, -0.1) is 20.4 Å². The lowest BCUT2D eigenvalue weighted by atomic mass is 9.96. The fourth-order valence-electron chi connectivity index (χ4n) is 3.70. The molecule has 34 heavy (non-hydrogen) atoms. The molecule has 1 aliphatic heterocycles. The van der Waals surface area contributed by atoms with Gasteiger partial charge in [0, 0.05) is 30.1 Å². The molecule has 2 aromatic heterocycles. The Morgan fingerprint density at radius 1 is 1.24 bits per heavy atom. The highest BCUT2D eigenvalue weighted by Crippen LogP contribution is 2.29. The van der Waals surface area contributed by atoms with E-state index in [1.807, 2.05) is 6.07 Å². The molecule has 4 rings (SSSR count). The molecule has 1 saturated heterocycles. The molecule has 0 aliphatic carbocycles. The molecule has 0 unspecified atom stereocenters. The Balaban J connectivity index is 1.36. The van der Waals surface area contributed by atoms with Crippen molar-refractivity contribution in [3.05, 3.63) is 58.0 Å². The Hall–Kier alpha value is -3.28. The van der Waals surface area contributed by atoms with E-state index in [2.05, 4.69) is 25.6 Å². The molecule has 1 aromatic carbocycles. The summed E-state index contributed by atoms with van der Waals surface area (Å²) in [5.74, 6) is -0.0557. The van der Waals surface area contributed by atoms with Gasteiger partial charge in [-0.3, -0.25) is 4.79 Å². The van der Waals surface area contributed by atoms with E-state index in [0.29, 0.717) is 43.3 Å². The van der Waals surface area contributed by atoms with Gasteiger partial charge in [0.25, 0.3) is 0 Å². The number of alkyl halides is 3. The van der Waals surface area contributed by atoms with Crippen molar-refractivity contribution in [2.75, 3.05) is 13.1 Å². The largest absolute Gasteiger partial charge is 0.425 e. The van der Waals surface area contributed by atoms with Crippen LogP contribution in [0.2, 0.25) is 5.02 Å². The van der Waals surface area contributed by atoms with E-state index in [0.717, 1.165) is 11.1 Å². The summed E-state index contributed by atoms with van der Waals surface area (Å²) in [5, 5.41) is 19.8. The van der Waals surface area contributed by atoms with Crippen LogP contribution in [-0.2, 0) is 17.8 Å².